The van der Waals surface area contributed by atoms with Crippen LogP contribution in [0.4, 0.5) is 32.2 Å². The zero-order valence-corrected chi connectivity index (χ0v) is 20.2. The fraction of sp³-hybridized carbons (Fsp3) is 0.250. The Labute approximate surface area is 216 Å². The van der Waals surface area contributed by atoms with Crippen molar-refractivity contribution in [2.45, 2.75) is 32.4 Å². The summed E-state index contributed by atoms with van der Waals surface area (Å²) in [7, 11) is 0. The molecule has 39 heavy (non-hydrogen) atoms. The fourth-order valence-corrected chi connectivity index (χ4v) is 3.21. The predicted octanol–water partition coefficient (Wildman–Crippen LogP) is 4.59. The van der Waals surface area contributed by atoms with Crippen LogP contribution < -0.4 is 11.1 Å². The molecule has 9 nitrogen and oxygen atoms in total. The van der Waals surface area contributed by atoms with Gasteiger partial charge in [0, 0.05) is 11.9 Å². The molecule has 210 valence electrons. The van der Waals surface area contributed by atoms with Crippen molar-refractivity contribution in [1.29, 1.82) is 0 Å². The van der Waals surface area contributed by atoms with Crippen molar-refractivity contribution in [2.24, 2.45) is 0 Å². The average Bonchev–Trinajstić information content (AvgIpc) is 3.22. The Hall–Kier alpha value is -4.40. The van der Waals surface area contributed by atoms with Gasteiger partial charge in [-0.1, -0.05) is 55.5 Å². The molecule has 0 aliphatic carbocycles. The minimum absolute atomic E-state index is 0.485. The minimum atomic E-state index is -5.08. The van der Waals surface area contributed by atoms with E-state index in [1.165, 1.54) is 5.56 Å². The lowest BCUT2D eigenvalue weighted by atomic mass is 10.1. The Kier molecular flexibility index (Phi) is 10.2. The normalized spacial score (nSPS) is 11.4. The molecule has 0 aliphatic heterocycles. The minimum Gasteiger partial charge on any atom is -0.475 e. The second-order valence-corrected chi connectivity index (χ2v) is 7.70. The number of carboxylic acids is 2. The third kappa shape index (κ3) is 8.56. The van der Waals surface area contributed by atoms with E-state index in [9.17, 15) is 26.3 Å². The Balaban J connectivity index is 0.000000317. The van der Waals surface area contributed by atoms with Crippen LogP contribution in [0, 0.1) is 0 Å². The van der Waals surface area contributed by atoms with E-state index in [0.29, 0.717) is 12.4 Å². The first kappa shape index (κ1) is 30.8. The number of hydrogen-bond acceptors (Lipinski definition) is 6. The monoisotopic (exact) mass is 559 g/mol. The molecule has 0 saturated carbocycles. The fourth-order valence-electron chi connectivity index (χ4n) is 3.21. The standard InChI is InChI=1S/C20H21N5.2C2HF3O2/c1-2-22-12-17-24-18-19(25(17)13-14-8-4-3-5-9-14)15-10-6-7-11-16(15)23-20(18)21;2*3-2(4,5)1(6)7/h3-11,22H,2,12-13H2,1H3,(H2,21,23);2*(H,6,7). The van der Waals surface area contributed by atoms with Crippen molar-refractivity contribution in [2.75, 3.05) is 12.3 Å². The summed E-state index contributed by atoms with van der Waals surface area (Å²) in [4.78, 5) is 27.1. The van der Waals surface area contributed by atoms with Gasteiger partial charge in [-0.15, -0.1) is 0 Å². The molecule has 5 N–H and O–H groups in total. The first-order valence-electron chi connectivity index (χ1n) is 11.0. The number of aromatic nitrogens is 3. The van der Waals surface area contributed by atoms with Crippen molar-refractivity contribution in [3.63, 3.8) is 0 Å². The number of carboxylic acid groups (broad SMARTS) is 2. The number of pyridine rings is 1. The number of benzene rings is 2. The van der Waals surface area contributed by atoms with Gasteiger partial charge in [-0.25, -0.2) is 19.6 Å². The molecular weight excluding hydrogens is 536 g/mol. The van der Waals surface area contributed by atoms with Gasteiger partial charge in [0.05, 0.1) is 17.6 Å². The van der Waals surface area contributed by atoms with E-state index in [2.05, 4.69) is 52.1 Å². The number of nitrogen functional groups attached to an aromatic ring is 1. The molecule has 15 heteroatoms. The number of carbonyl (C=O) groups is 2. The maximum absolute atomic E-state index is 10.6. The lowest BCUT2D eigenvalue weighted by Gasteiger charge is -2.11. The highest BCUT2D eigenvalue weighted by atomic mass is 19.4. The van der Waals surface area contributed by atoms with Crippen LogP contribution in [-0.4, -0.2) is 55.6 Å². The number of halogens is 6. The van der Waals surface area contributed by atoms with Gasteiger partial charge in [-0.2, -0.15) is 26.3 Å². The second kappa shape index (κ2) is 12.9. The van der Waals surface area contributed by atoms with Gasteiger partial charge in [0.2, 0.25) is 0 Å². The lowest BCUT2D eigenvalue weighted by Crippen LogP contribution is -2.21. The number of alkyl halides is 6. The summed E-state index contributed by atoms with van der Waals surface area (Å²) in [5.74, 6) is -4.05. The van der Waals surface area contributed by atoms with Gasteiger partial charge in [0.25, 0.3) is 0 Å². The Morgan fingerprint density at radius 3 is 1.92 bits per heavy atom. The third-order valence-electron chi connectivity index (χ3n) is 4.89. The number of rotatable bonds is 5. The average molecular weight is 559 g/mol. The zero-order valence-electron chi connectivity index (χ0n) is 20.2. The Morgan fingerprint density at radius 2 is 1.41 bits per heavy atom. The number of anilines is 1. The van der Waals surface area contributed by atoms with Crippen molar-refractivity contribution in [3.05, 3.63) is 66.0 Å². The van der Waals surface area contributed by atoms with E-state index in [1.54, 1.807) is 0 Å². The molecular formula is C24H23F6N5O4. The highest BCUT2D eigenvalue weighted by Gasteiger charge is 2.38. The van der Waals surface area contributed by atoms with Crippen LogP contribution in [0.25, 0.3) is 21.9 Å². The quantitative estimate of drug-likeness (QED) is 0.260. The summed E-state index contributed by atoms with van der Waals surface area (Å²) in [6, 6.07) is 18.5. The number of nitrogens with one attached hydrogen (secondary N) is 1. The van der Waals surface area contributed by atoms with Crippen LogP contribution in [0.1, 0.15) is 18.3 Å². The highest BCUT2D eigenvalue weighted by molar-refractivity contribution is 6.06. The Morgan fingerprint density at radius 1 is 0.897 bits per heavy atom. The SMILES string of the molecule is CCNCc1nc2c(N)nc3ccccc3c2n1Cc1ccccc1.O=C(O)C(F)(F)F.O=C(O)C(F)(F)F. The third-order valence-corrected chi connectivity index (χ3v) is 4.89. The number of aliphatic carboxylic acids is 2. The van der Waals surface area contributed by atoms with E-state index in [1.807, 2.05) is 24.3 Å². The van der Waals surface area contributed by atoms with Gasteiger partial charge in [0.1, 0.15) is 11.3 Å². The summed E-state index contributed by atoms with van der Waals surface area (Å²) in [6.07, 6.45) is -10.2. The first-order valence-corrected chi connectivity index (χ1v) is 11.0. The molecule has 0 bridgehead atoms. The number of imidazole rings is 1. The van der Waals surface area contributed by atoms with Crippen molar-refractivity contribution in [1.82, 2.24) is 19.9 Å². The summed E-state index contributed by atoms with van der Waals surface area (Å²) in [6.45, 7) is 4.44. The molecule has 0 radical (unpaired) electrons. The van der Waals surface area contributed by atoms with Crippen LogP contribution in [0.2, 0.25) is 0 Å². The molecule has 0 atom stereocenters. The molecule has 2 heterocycles. The number of para-hydroxylation sites is 1. The first-order chi connectivity index (χ1) is 18.2. The van der Waals surface area contributed by atoms with Crippen molar-refractivity contribution >= 4 is 39.7 Å². The molecule has 0 fully saturated rings. The van der Waals surface area contributed by atoms with Gasteiger partial charge in [0.15, 0.2) is 5.82 Å². The summed E-state index contributed by atoms with van der Waals surface area (Å²) in [5, 5.41) is 18.7. The van der Waals surface area contributed by atoms with Gasteiger partial charge >= 0.3 is 24.3 Å². The number of nitrogens with zero attached hydrogens (tertiary/aromatic N) is 3. The molecule has 4 rings (SSSR count). The largest absolute Gasteiger partial charge is 0.490 e. The van der Waals surface area contributed by atoms with Crippen LogP contribution in [-0.2, 0) is 22.7 Å². The molecule has 4 aromatic rings. The molecule has 0 spiro atoms. The van der Waals surface area contributed by atoms with Crippen LogP contribution in [0.15, 0.2) is 54.6 Å². The van der Waals surface area contributed by atoms with Gasteiger partial charge < -0.3 is 25.8 Å². The lowest BCUT2D eigenvalue weighted by molar-refractivity contribution is -0.193. The van der Waals surface area contributed by atoms with Crippen molar-refractivity contribution < 1.29 is 46.1 Å². The Bertz CT molecular complexity index is 1400. The van der Waals surface area contributed by atoms with Crippen LogP contribution in [0.5, 0.6) is 0 Å². The second-order valence-electron chi connectivity index (χ2n) is 7.70. The smallest absolute Gasteiger partial charge is 0.475 e. The maximum atomic E-state index is 10.6. The molecule has 0 aliphatic rings. The maximum Gasteiger partial charge on any atom is 0.490 e. The van der Waals surface area contributed by atoms with E-state index >= 15 is 0 Å². The molecule has 2 aromatic carbocycles. The van der Waals surface area contributed by atoms with Gasteiger partial charge in [-0.05, 0) is 18.2 Å². The molecule has 0 amide bonds. The van der Waals surface area contributed by atoms with E-state index in [0.717, 1.165) is 40.9 Å². The zero-order chi connectivity index (χ0) is 29.4. The number of fused-ring (bicyclic) bond motifs is 3. The number of nitrogens with two attached hydrogens (primary N) is 1. The van der Waals surface area contributed by atoms with Crippen LogP contribution in [0.3, 0.4) is 0 Å². The highest BCUT2D eigenvalue weighted by Crippen LogP contribution is 2.29. The summed E-state index contributed by atoms with van der Waals surface area (Å²) in [5.41, 5.74) is 10.2. The van der Waals surface area contributed by atoms with E-state index < -0.39 is 24.3 Å². The van der Waals surface area contributed by atoms with E-state index in [-0.39, 0.29) is 0 Å². The predicted molar refractivity (Wildman–Crippen MR) is 130 cm³/mol. The van der Waals surface area contributed by atoms with Crippen molar-refractivity contribution in [3.8, 4) is 0 Å². The summed E-state index contributed by atoms with van der Waals surface area (Å²) >= 11 is 0. The van der Waals surface area contributed by atoms with Crippen LogP contribution >= 0.6 is 0 Å². The summed E-state index contributed by atoms with van der Waals surface area (Å²) < 4.78 is 65.7. The topological polar surface area (TPSA) is 143 Å². The van der Waals surface area contributed by atoms with Gasteiger partial charge in [-0.3, -0.25) is 0 Å². The van der Waals surface area contributed by atoms with E-state index in [4.69, 9.17) is 30.5 Å². The molecule has 0 unspecified atom stereocenters. The molecule has 0 saturated heterocycles. The molecule has 2 aromatic heterocycles. The number of hydrogen-bond donors (Lipinski definition) is 4.